The average Bonchev–Trinajstić information content (AvgIpc) is 2.82. The van der Waals surface area contributed by atoms with Gasteiger partial charge in [-0.25, -0.2) is 0 Å². The van der Waals surface area contributed by atoms with E-state index in [0.29, 0.717) is 6.42 Å². The third-order valence-corrected chi connectivity index (χ3v) is 5.75. The van der Waals surface area contributed by atoms with Gasteiger partial charge in [-0.3, -0.25) is 4.79 Å². The molecule has 0 spiro atoms. The fraction of sp³-hybridized carbons (Fsp3) is 0.345. The smallest absolute Gasteiger partial charge is 0.306 e. The zero-order valence-electron chi connectivity index (χ0n) is 18.8. The standard InChI is InChI=1S/C29H34O2/c1-3-4-5-6-7-11-18-29(30)31-23(2)24-19-21-26(22-20-24)28-17-13-12-16-27(28)25-14-9-8-10-15-25/h8-10,12-17,19-23H,3-7,11,18H2,1-2H3. The molecule has 31 heavy (non-hydrogen) atoms. The minimum Gasteiger partial charge on any atom is -0.458 e. The van der Waals surface area contributed by atoms with Gasteiger partial charge in [-0.1, -0.05) is 118 Å². The van der Waals surface area contributed by atoms with Crippen molar-refractivity contribution >= 4 is 5.97 Å². The van der Waals surface area contributed by atoms with Gasteiger partial charge in [-0.05, 0) is 41.2 Å². The largest absolute Gasteiger partial charge is 0.458 e. The monoisotopic (exact) mass is 414 g/mol. The van der Waals surface area contributed by atoms with E-state index in [0.717, 1.165) is 24.0 Å². The normalized spacial score (nSPS) is 11.8. The summed E-state index contributed by atoms with van der Waals surface area (Å²) in [6.45, 7) is 4.17. The molecular weight excluding hydrogens is 380 g/mol. The number of ether oxygens (including phenoxy) is 1. The van der Waals surface area contributed by atoms with Crippen LogP contribution in [0.15, 0.2) is 78.9 Å². The molecule has 0 aliphatic rings. The fourth-order valence-corrected chi connectivity index (χ4v) is 3.91. The van der Waals surface area contributed by atoms with E-state index >= 15 is 0 Å². The second kappa shape index (κ2) is 12.1. The zero-order chi connectivity index (χ0) is 21.9. The Morgan fingerprint density at radius 2 is 1.26 bits per heavy atom. The van der Waals surface area contributed by atoms with E-state index in [1.807, 2.05) is 13.0 Å². The molecule has 0 saturated carbocycles. The summed E-state index contributed by atoms with van der Waals surface area (Å²) < 4.78 is 5.66. The van der Waals surface area contributed by atoms with Crippen LogP contribution in [0.1, 0.15) is 70.5 Å². The molecule has 0 aliphatic carbocycles. The highest BCUT2D eigenvalue weighted by atomic mass is 16.5. The average molecular weight is 415 g/mol. The predicted molar refractivity (Wildman–Crippen MR) is 130 cm³/mol. The lowest BCUT2D eigenvalue weighted by atomic mass is 9.94. The van der Waals surface area contributed by atoms with Gasteiger partial charge in [0.15, 0.2) is 0 Å². The van der Waals surface area contributed by atoms with Gasteiger partial charge in [-0.2, -0.15) is 0 Å². The number of rotatable bonds is 11. The number of hydrogen-bond acceptors (Lipinski definition) is 2. The van der Waals surface area contributed by atoms with Gasteiger partial charge < -0.3 is 4.74 Å². The Labute approximate surface area is 187 Å². The molecule has 1 unspecified atom stereocenters. The second-order valence-electron chi connectivity index (χ2n) is 8.18. The molecule has 3 aromatic carbocycles. The Hall–Kier alpha value is -2.87. The third-order valence-electron chi connectivity index (χ3n) is 5.75. The van der Waals surface area contributed by atoms with Gasteiger partial charge in [0.2, 0.25) is 0 Å². The molecule has 0 N–H and O–H groups in total. The van der Waals surface area contributed by atoms with Gasteiger partial charge in [0.05, 0.1) is 0 Å². The SMILES string of the molecule is CCCCCCCCC(=O)OC(C)c1ccc(-c2ccccc2-c2ccccc2)cc1. The van der Waals surface area contributed by atoms with Crippen molar-refractivity contribution in [1.82, 2.24) is 0 Å². The van der Waals surface area contributed by atoms with Crippen LogP contribution in [0.25, 0.3) is 22.3 Å². The number of carbonyl (C=O) groups is 1. The second-order valence-corrected chi connectivity index (χ2v) is 8.18. The lowest BCUT2D eigenvalue weighted by molar-refractivity contribution is -0.148. The van der Waals surface area contributed by atoms with Crippen molar-refractivity contribution in [3.8, 4) is 22.3 Å². The Balaban J connectivity index is 1.59. The van der Waals surface area contributed by atoms with Crippen molar-refractivity contribution in [2.75, 3.05) is 0 Å². The van der Waals surface area contributed by atoms with Crippen LogP contribution in [0, 0.1) is 0 Å². The molecule has 0 fully saturated rings. The molecule has 3 rings (SSSR count). The lowest BCUT2D eigenvalue weighted by Crippen LogP contribution is -2.08. The van der Waals surface area contributed by atoms with Crippen molar-refractivity contribution in [2.24, 2.45) is 0 Å². The number of carbonyl (C=O) groups excluding carboxylic acids is 1. The number of hydrogen-bond donors (Lipinski definition) is 0. The van der Waals surface area contributed by atoms with Gasteiger partial charge >= 0.3 is 5.97 Å². The highest BCUT2D eigenvalue weighted by Crippen LogP contribution is 2.32. The van der Waals surface area contributed by atoms with E-state index in [4.69, 9.17) is 4.74 Å². The van der Waals surface area contributed by atoms with Gasteiger partial charge in [0.1, 0.15) is 6.10 Å². The zero-order valence-corrected chi connectivity index (χ0v) is 18.8. The first-order valence-corrected chi connectivity index (χ1v) is 11.6. The van der Waals surface area contributed by atoms with Crippen LogP contribution in [0.4, 0.5) is 0 Å². The number of benzene rings is 3. The molecule has 2 nitrogen and oxygen atoms in total. The Kier molecular flexibility index (Phi) is 8.90. The molecule has 0 aliphatic heterocycles. The van der Waals surface area contributed by atoms with E-state index in [2.05, 4.69) is 79.7 Å². The molecule has 2 heteroatoms. The maximum atomic E-state index is 12.2. The summed E-state index contributed by atoms with van der Waals surface area (Å²) in [5.41, 5.74) is 5.81. The van der Waals surface area contributed by atoms with Crippen molar-refractivity contribution in [1.29, 1.82) is 0 Å². The molecule has 3 aromatic rings. The Morgan fingerprint density at radius 3 is 1.90 bits per heavy atom. The lowest BCUT2D eigenvalue weighted by Gasteiger charge is -2.15. The number of esters is 1. The van der Waals surface area contributed by atoms with Gasteiger partial charge in [0.25, 0.3) is 0 Å². The molecule has 0 heterocycles. The van der Waals surface area contributed by atoms with Crippen LogP contribution in [0.5, 0.6) is 0 Å². The molecule has 0 amide bonds. The van der Waals surface area contributed by atoms with E-state index in [1.54, 1.807) is 0 Å². The molecule has 0 aromatic heterocycles. The van der Waals surface area contributed by atoms with Crippen molar-refractivity contribution in [3.05, 3.63) is 84.4 Å². The highest BCUT2D eigenvalue weighted by Gasteiger charge is 2.13. The summed E-state index contributed by atoms with van der Waals surface area (Å²) in [5.74, 6) is -0.0958. The summed E-state index contributed by atoms with van der Waals surface area (Å²) in [7, 11) is 0. The molecule has 0 saturated heterocycles. The van der Waals surface area contributed by atoms with E-state index in [9.17, 15) is 4.79 Å². The van der Waals surface area contributed by atoms with Crippen LogP contribution in [0.2, 0.25) is 0 Å². The van der Waals surface area contributed by atoms with Crippen LogP contribution in [-0.4, -0.2) is 5.97 Å². The molecule has 1 atom stereocenters. The van der Waals surface area contributed by atoms with E-state index in [-0.39, 0.29) is 12.1 Å². The maximum Gasteiger partial charge on any atom is 0.306 e. The Morgan fingerprint density at radius 1 is 0.710 bits per heavy atom. The predicted octanol–water partition coefficient (Wildman–Crippen LogP) is 8.38. The first-order valence-electron chi connectivity index (χ1n) is 11.6. The van der Waals surface area contributed by atoms with E-state index < -0.39 is 0 Å². The molecular formula is C29H34O2. The first-order chi connectivity index (χ1) is 15.2. The van der Waals surface area contributed by atoms with Gasteiger partial charge in [0, 0.05) is 6.42 Å². The van der Waals surface area contributed by atoms with Crippen molar-refractivity contribution in [3.63, 3.8) is 0 Å². The fourth-order valence-electron chi connectivity index (χ4n) is 3.91. The van der Waals surface area contributed by atoms with Crippen LogP contribution in [-0.2, 0) is 9.53 Å². The first kappa shape index (κ1) is 22.8. The summed E-state index contributed by atoms with van der Waals surface area (Å²) in [4.78, 5) is 12.2. The minimum absolute atomic E-state index is 0.0958. The quantitative estimate of drug-likeness (QED) is 0.233. The summed E-state index contributed by atoms with van der Waals surface area (Å²) >= 11 is 0. The molecule has 0 radical (unpaired) electrons. The highest BCUT2D eigenvalue weighted by molar-refractivity contribution is 5.83. The van der Waals surface area contributed by atoms with Crippen LogP contribution >= 0.6 is 0 Å². The Bertz CT molecular complexity index is 928. The molecule has 162 valence electrons. The van der Waals surface area contributed by atoms with Crippen molar-refractivity contribution < 1.29 is 9.53 Å². The topological polar surface area (TPSA) is 26.3 Å². The van der Waals surface area contributed by atoms with Crippen LogP contribution in [0.3, 0.4) is 0 Å². The van der Waals surface area contributed by atoms with E-state index in [1.165, 1.54) is 42.4 Å². The summed E-state index contributed by atoms with van der Waals surface area (Å²) in [5, 5.41) is 0. The summed E-state index contributed by atoms with van der Waals surface area (Å²) in [6, 6.07) is 27.3. The van der Waals surface area contributed by atoms with Gasteiger partial charge in [-0.15, -0.1) is 0 Å². The van der Waals surface area contributed by atoms with Crippen LogP contribution < -0.4 is 0 Å². The summed E-state index contributed by atoms with van der Waals surface area (Å²) in [6.07, 6.45) is 7.32. The maximum absolute atomic E-state index is 12.2. The minimum atomic E-state index is -0.231. The third kappa shape index (κ3) is 6.82. The number of unbranched alkanes of at least 4 members (excludes halogenated alkanes) is 5. The molecule has 0 bridgehead atoms. The van der Waals surface area contributed by atoms with Crippen molar-refractivity contribution in [2.45, 2.75) is 64.9 Å².